The van der Waals surface area contributed by atoms with Gasteiger partial charge in [-0.05, 0) is 48.5 Å². The fraction of sp³-hybridized carbons (Fsp3) is 0.130. The van der Waals surface area contributed by atoms with Gasteiger partial charge in [0, 0.05) is 0 Å². The second-order valence-electron chi connectivity index (χ2n) is 7.21. The molecule has 2 N–H and O–H groups in total. The van der Waals surface area contributed by atoms with Crippen LogP contribution in [0.5, 0.6) is 0 Å². The number of alkyl halides is 3. The summed E-state index contributed by atoms with van der Waals surface area (Å²) in [5.41, 5.74) is 0.0133. The first kappa shape index (κ1) is 23.3. The van der Waals surface area contributed by atoms with Gasteiger partial charge in [-0.25, -0.2) is 13.4 Å². The molecule has 0 saturated heterocycles. The van der Waals surface area contributed by atoms with Crippen molar-refractivity contribution in [2.24, 2.45) is 4.99 Å². The van der Waals surface area contributed by atoms with E-state index in [1.807, 2.05) is 0 Å². The van der Waals surface area contributed by atoms with E-state index in [-0.39, 0.29) is 16.1 Å². The summed E-state index contributed by atoms with van der Waals surface area (Å²) in [6.45, 7) is 0.943. The lowest BCUT2D eigenvalue weighted by Crippen LogP contribution is -2.20. The first-order valence-electron chi connectivity index (χ1n) is 10.0. The molecule has 0 aromatic heterocycles. The van der Waals surface area contributed by atoms with Crippen LogP contribution in [0.3, 0.4) is 0 Å². The molecule has 0 fully saturated rings. The number of amides is 1. The van der Waals surface area contributed by atoms with E-state index in [2.05, 4.69) is 15.0 Å². The number of halogens is 3. The Bertz CT molecular complexity index is 1350. The molecule has 1 amide bonds. The summed E-state index contributed by atoms with van der Waals surface area (Å²) in [5, 5.41) is 2.73. The predicted molar refractivity (Wildman–Crippen MR) is 120 cm³/mol. The Morgan fingerprint density at radius 3 is 2.21 bits per heavy atom. The van der Waals surface area contributed by atoms with Gasteiger partial charge in [-0.15, -0.1) is 0 Å². The van der Waals surface area contributed by atoms with E-state index in [1.54, 1.807) is 30.3 Å². The number of carbonyl (C=O) groups excluding carboxylic acids is 1. The third kappa shape index (κ3) is 5.04. The average Bonchev–Trinajstić information content (AvgIpc) is 3.34. The number of nitrogens with one attached hydrogen (secondary N) is 2. The molecule has 34 heavy (non-hydrogen) atoms. The molecule has 0 aliphatic carbocycles. The summed E-state index contributed by atoms with van der Waals surface area (Å²) >= 11 is 0. The Labute approximate surface area is 193 Å². The SMILES string of the molecule is O=C(Nc1ccccc1C1=NCCO1)c1ccccc1NS(=O)(=O)c1ccc(C(F)(F)F)cc1. The van der Waals surface area contributed by atoms with Crippen LogP contribution in [0.4, 0.5) is 24.5 Å². The Morgan fingerprint density at radius 1 is 0.912 bits per heavy atom. The molecule has 3 aromatic carbocycles. The highest BCUT2D eigenvalue weighted by molar-refractivity contribution is 7.92. The van der Waals surface area contributed by atoms with Crippen LogP contribution in [-0.2, 0) is 20.9 Å². The van der Waals surface area contributed by atoms with Gasteiger partial charge in [-0.1, -0.05) is 24.3 Å². The fourth-order valence-electron chi connectivity index (χ4n) is 3.26. The van der Waals surface area contributed by atoms with Gasteiger partial charge in [0.25, 0.3) is 15.9 Å². The molecule has 1 aliphatic rings. The van der Waals surface area contributed by atoms with Crippen LogP contribution in [0.2, 0.25) is 0 Å². The van der Waals surface area contributed by atoms with Crippen LogP contribution in [0.1, 0.15) is 21.5 Å². The topological polar surface area (TPSA) is 96.9 Å². The summed E-state index contributed by atoms with van der Waals surface area (Å²) < 4.78 is 71.6. The molecule has 0 spiro atoms. The van der Waals surface area contributed by atoms with Gasteiger partial charge >= 0.3 is 6.18 Å². The van der Waals surface area contributed by atoms with E-state index in [1.165, 1.54) is 18.2 Å². The lowest BCUT2D eigenvalue weighted by atomic mass is 10.1. The van der Waals surface area contributed by atoms with Crippen molar-refractivity contribution in [3.63, 3.8) is 0 Å². The largest absolute Gasteiger partial charge is 0.475 e. The van der Waals surface area contributed by atoms with Gasteiger partial charge in [0.1, 0.15) is 6.61 Å². The van der Waals surface area contributed by atoms with E-state index < -0.39 is 27.7 Å². The van der Waals surface area contributed by atoms with Crippen molar-refractivity contribution in [2.45, 2.75) is 11.1 Å². The number of carbonyl (C=O) groups is 1. The maximum Gasteiger partial charge on any atom is 0.416 e. The van der Waals surface area contributed by atoms with Gasteiger partial charge in [-0.3, -0.25) is 9.52 Å². The zero-order chi connectivity index (χ0) is 24.3. The molecule has 0 bridgehead atoms. The zero-order valence-electron chi connectivity index (χ0n) is 17.5. The molecule has 1 heterocycles. The second-order valence-corrected chi connectivity index (χ2v) is 8.89. The zero-order valence-corrected chi connectivity index (χ0v) is 18.3. The highest BCUT2D eigenvalue weighted by Gasteiger charge is 2.31. The molecule has 0 radical (unpaired) electrons. The number of hydrogen-bond acceptors (Lipinski definition) is 5. The summed E-state index contributed by atoms with van der Waals surface area (Å²) in [7, 11) is -4.26. The number of anilines is 2. The minimum Gasteiger partial charge on any atom is -0.475 e. The van der Waals surface area contributed by atoms with Crippen molar-refractivity contribution in [3.8, 4) is 0 Å². The Balaban J connectivity index is 1.58. The molecular formula is C23H18F3N3O4S. The van der Waals surface area contributed by atoms with Gasteiger partial charge in [-0.2, -0.15) is 13.2 Å². The number of nitrogens with zero attached hydrogens (tertiary/aromatic N) is 1. The van der Waals surface area contributed by atoms with Gasteiger partial charge < -0.3 is 10.1 Å². The van der Waals surface area contributed by atoms with Crippen LogP contribution >= 0.6 is 0 Å². The summed E-state index contributed by atoms with van der Waals surface area (Å²) in [4.78, 5) is 16.9. The van der Waals surface area contributed by atoms with Crippen molar-refractivity contribution in [3.05, 3.63) is 89.5 Å². The molecule has 7 nitrogen and oxygen atoms in total. The second kappa shape index (κ2) is 9.18. The number of para-hydroxylation sites is 2. The molecule has 3 aromatic rings. The molecule has 176 valence electrons. The molecule has 0 atom stereocenters. The molecule has 0 saturated carbocycles. The minimum atomic E-state index is -4.59. The van der Waals surface area contributed by atoms with Crippen molar-refractivity contribution in [2.75, 3.05) is 23.2 Å². The molecule has 0 unspecified atom stereocenters. The number of rotatable bonds is 6. The van der Waals surface area contributed by atoms with Gasteiger partial charge in [0.2, 0.25) is 5.90 Å². The van der Waals surface area contributed by atoms with Crippen molar-refractivity contribution in [1.82, 2.24) is 0 Å². The molecule has 1 aliphatic heterocycles. The highest BCUT2D eigenvalue weighted by atomic mass is 32.2. The summed E-state index contributed by atoms with van der Waals surface area (Å²) in [6.07, 6.45) is -4.59. The van der Waals surface area contributed by atoms with E-state index in [4.69, 9.17) is 4.74 Å². The predicted octanol–water partition coefficient (Wildman–Crippen LogP) is 4.54. The average molecular weight is 489 g/mol. The highest BCUT2D eigenvalue weighted by Crippen LogP contribution is 2.30. The first-order chi connectivity index (χ1) is 16.1. The summed E-state index contributed by atoms with van der Waals surface area (Å²) in [5.74, 6) is -0.205. The minimum absolute atomic E-state index is 0.0158. The quantitative estimate of drug-likeness (QED) is 0.532. The van der Waals surface area contributed by atoms with Crippen molar-refractivity contribution >= 4 is 33.2 Å². The van der Waals surface area contributed by atoms with E-state index in [0.717, 1.165) is 12.1 Å². The lowest BCUT2D eigenvalue weighted by Gasteiger charge is -2.15. The number of hydrogen-bond donors (Lipinski definition) is 2. The molecule has 11 heteroatoms. The van der Waals surface area contributed by atoms with Crippen LogP contribution < -0.4 is 10.0 Å². The van der Waals surface area contributed by atoms with Crippen LogP contribution in [0.25, 0.3) is 0 Å². The number of benzene rings is 3. The third-order valence-corrected chi connectivity index (χ3v) is 6.28. The molecular weight excluding hydrogens is 471 g/mol. The first-order valence-corrected chi connectivity index (χ1v) is 11.5. The Hall–Kier alpha value is -3.86. The van der Waals surface area contributed by atoms with Crippen molar-refractivity contribution in [1.29, 1.82) is 0 Å². The van der Waals surface area contributed by atoms with Crippen LogP contribution in [-0.4, -0.2) is 33.4 Å². The van der Waals surface area contributed by atoms with Crippen LogP contribution in [0.15, 0.2) is 82.7 Å². The maximum absolute atomic E-state index is 13.0. The Kier molecular flexibility index (Phi) is 6.29. The fourth-order valence-corrected chi connectivity index (χ4v) is 4.34. The van der Waals surface area contributed by atoms with Crippen molar-refractivity contribution < 1.29 is 31.1 Å². The Morgan fingerprint density at radius 2 is 1.56 bits per heavy atom. The third-order valence-electron chi connectivity index (χ3n) is 4.90. The van der Waals surface area contributed by atoms with E-state index >= 15 is 0 Å². The van der Waals surface area contributed by atoms with E-state index in [9.17, 15) is 26.4 Å². The van der Waals surface area contributed by atoms with Gasteiger partial charge in [0.15, 0.2) is 0 Å². The van der Waals surface area contributed by atoms with E-state index in [0.29, 0.717) is 42.4 Å². The summed E-state index contributed by atoms with van der Waals surface area (Å²) in [6, 6.07) is 15.8. The van der Waals surface area contributed by atoms with Crippen LogP contribution in [0, 0.1) is 0 Å². The standard InChI is InChI=1S/C23H18F3N3O4S/c24-23(25,26)15-9-11-16(12-10-15)34(31,32)29-20-8-4-1-5-17(20)21(30)28-19-7-3-2-6-18(19)22-27-13-14-33-22/h1-12,29H,13-14H2,(H,28,30). The normalized spacial score (nSPS) is 13.7. The smallest absolute Gasteiger partial charge is 0.416 e. The number of aliphatic imine (C=N–C) groups is 1. The van der Waals surface area contributed by atoms with Gasteiger partial charge in [0.05, 0.1) is 39.5 Å². The number of ether oxygens (including phenoxy) is 1. The monoisotopic (exact) mass is 489 g/mol. The maximum atomic E-state index is 13.0. The molecule has 4 rings (SSSR count). The number of sulfonamides is 1. The lowest BCUT2D eigenvalue weighted by molar-refractivity contribution is -0.137.